The number of esters is 2. The van der Waals surface area contributed by atoms with E-state index in [0.29, 0.717) is 19.6 Å². The number of rotatable bonds is 6. The van der Waals surface area contributed by atoms with Crippen LogP contribution in [0.2, 0.25) is 0 Å². The third-order valence-corrected chi connectivity index (χ3v) is 1.72. The Hall–Kier alpha value is 0.0699. The number of hydrogen-bond donors (Lipinski definition) is 0. The van der Waals surface area contributed by atoms with Crippen LogP contribution in [-0.4, -0.2) is 42.5 Å². The van der Waals surface area contributed by atoms with E-state index >= 15 is 0 Å². The SMILES string of the molecule is CCCC(C(=O)OCC)C(=O)OCC.[AlH3].[H-].[Li+]. The van der Waals surface area contributed by atoms with E-state index in [2.05, 4.69) is 0 Å². The van der Waals surface area contributed by atoms with E-state index in [1.54, 1.807) is 13.8 Å². The van der Waals surface area contributed by atoms with Gasteiger partial charge in [-0.05, 0) is 20.3 Å². The van der Waals surface area contributed by atoms with Crippen molar-refractivity contribution < 1.29 is 39.4 Å². The van der Waals surface area contributed by atoms with Crippen LogP contribution in [0.4, 0.5) is 0 Å². The molecule has 0 fully saturated rings. The maximum atomic E-state index is 11.3. The first-order valence-corrected chi connectivity index (χ1v) is 5.00. The predicted octanol–water partition coefficient (Wildman–Crippen LogP) is -2.54. The number of carbonyl (C=O) groups excluding carboxylic acids is 2. The summed E-state index contributed by atoms with van der Waals surface area (Å²) in [6.07, 6.45) is 1.24. The fourth-order valence-electron chi connectivity index (χ4n) is 1.11. The van der Waals surface area contributed by atoms with Crippen LogP contribution in [0.15, 0.2) is 0 Å². The van der Waals surface area contributed by atoms with Crippen molar-refractivity contribution in [2.75, 3.05) is 13.2 Å². The molecule has 0 amide bonds. The van der Waals surface area contributed by atoms with Crippen molar-refractivity contribution in [1.29, 1.82) is 0 Å². The third kappa shape index (κ3) is 8.25. The van der Waals surface area contributed by atoms with Gasteiger partial charge >= 0.3 is 30.8 Å². The molecule has 0 aromatic carbocycles. The van der Waals surface area contributed by atoms with Gasteiger partial charge in [-0.15, -0.1) is 0 Å². The van der Waals surface area contributed by atoms with E-state index in [4.69, 9.17) is 9.47 Å². The molecule has 0 N–H and O–H groups in total. The summed E-state index contributed by atoms with van der Waals surface area (Å²) in [5, 5.41) is 0. The largest absolute Gasteiger partial charge is 1.00 e. The van der Waals surface area contributed by atoms with Crippen LogP contribution in [0.25, 0.3) is 0 Å². The second-order valence-electron chi connectivity index (χ2n) is 2.85. The zero-order chi connectivity index (χ0) is 11.0. The van der Waals surface area contributed by atoms with Gasteiger partial charge in [-0.25, -0.2) is 0 Å². The predicted molar refractivity (Wildman–Crippen MR) is 62.7 cm³/mol. The molecule has 16 heavy (non-hydrogen) atoms. The van der Waals surface area contributed by atoms with Crippen molar-refractivity contribution in [3.8, 4) is 0 Å². The van der Waals surface area contributed by atoms with E-state index in [1.807, 2.05) is 6.92 Å². The number of hydrogen-bond acceptors (Lipinski definition) is 4. The molecule has 0 aliphatic heterocycles. The van der Waals surface area contributed by atoms with Gasteiger partial charge in [0.2, 0.25) is 0 Å². The van der Waals surface area contributed by atoms with E-state index in [9.17, 15) is 9.59 Å². The smallest absolute Gasteiger partial charge is 1.00 e. The minimum Gasteiger partial charge on any atom is -1.00 e. The molecule has 0 heterocycles. The van der Waals surface area contributed by atoms with Gasteiger partial charge in [0.25, 0.3) is 0 Å². The number of carbonyl (C=O) groups is 2. The molecular formula is C10H22AlLiO4. The fraction of sp³-hybridized carbons (Fsp3) is 0.800. The van der Waals surface area contributed by atoms with E-state index in [0.717, 1.165) is 6.42 Å². The topological polar surface area (TPSA) is 52.6 Å². The Labute approximate surface area is 121 Å². The van der Waals surface area contributed by atoms with Crippen LogP contribution in [0.3, 0.4) is 0 Å². The third-order valence-electron chi connectivity index (χ3n) is 1.72. The Kier molecular flexibility index (Phi) is 17.5. The second-order valence-corrected chi connectivity index (χ2v) is 2.85. The van der Waals surface area contributed by atoms with Crippen LogP contribution in [0, 0.1) is 5.92 Å². The summed E-state index contributed by atoms with van der Waals surface area (Å²) in [6.45, 7) is 5.92. The summed E-state index contributed by atoms with van der Waals surface area (Å²) in [5.41, 5.74) is 0. The molecule has 90 valence electrons. The number of ether oxygens (including phenoxy) is 2. The van der Waals surface area contributed by atoms with Crippen LogP contribution in [0.1, 0.15) is 35.0 Å². The Morgan fingerprint density at radius 3 is 1.69 bits per heavy atom. The first-order valence-electron chi connectivity index (χ1n) is 5.00. The average molecular weight is 240 g/mol. The zero-order valence-corrected chi connectivity index (χ0v) is 10.0. The van der Waals surface area contributed by atoms with Crippen LogP contribution < -0.4 is 18.9 Å². The summed E-state index contributed by atoms with van der Waals surface area (Å²) in [7, 11) is 0. The minimum atomic E-state index is -0.750. The van der Waals surface area contributed by atoms with Crippen LogP contribution >= 0.6 is 0 Å². The molecule has 0 unspecified atom stereocenters. The standard InChI is InChI=1S/C10H18O4.Al.Li.4H/c1-4-7-8(9(11)13-5-2)10(12)14-6-3;;;;;;/h8H,4-7H2,1-3H3;;;;;;/q;;+1;;;;-1. The Morgan fingerprint density at radius 2 is 1.44 bits per heavy atom. The van der Waals surface area contributed by atoms with E-state index < -0.39 is 17.9 Å². The molecule has 0 saturated carbocycles. The summed E-state index contributed by atoms with van der Waals surface area (Å²) in [4.78, 5) is 22.7. The normalized spacial score (nSPS) is 8.75. The molecule has 0 rings (SSSR count). The molecule has 0 spiro atoms. The average Bonchev–Trinajstić information content (AvgIpc) is 2.14. The molecule has 0 saturated heterocycles. The van der Waals surface area contributed by atoms with Crippen molar-refractivity contribution in [2.24, 2.45) is 5.92 Å². The molecule has 0 aliphatic carbocycles. The molecule has 6 heteroatoms. The molecular weight excluding hydrogens is 218 g/mol. The maximum absolute atomic E-state index is 11.3. The van der Waals surface area contributed by atoms with E-state index in [-0.39, 0.29) is 37.6 Å². The molecule has 0 aromatic rings. The van der Waals surface area contributed by atoms with Gasteiger partial charge in [0.05, 0.1) is 13.2 Å². The van der Waals surface area contributed by atoms with E-state index in [1.165, 1.54) is 0 Å². The van der Waals surface area contributed by atoms with Crippen LogP contribution in [-0.2, 0) is 19.1 Å². The first-order chi connectivity index (χ1) is 6.67. The van der Waals surface area contributed by atoms with Crippen molar-refractivity contribution in [2.45, 2.75) is 33.6 Å². The summed E-state index contributed by atoms with van der Waals surface area (Å²) < 4.78 is 9.57. The summed E-state index contributed by atoms with van der Waals surface area (Å²) in [6, 6.07) is 0. The van der Waals surface area contributed by atoms with Crippen molar-refractivity contribution >= 4 is 29.3 Å². The maximum Gasteiger partial charge on any atom is 1.00 e. The van der Waals surface area contributed by atoms with Gasteiger partial charge in [-0.1, -0.05) is 13.3 Å². The van der Waals surface area contributed by atoms with Crippen LogP contribution in [0.5, 0.6) is 0 Å². The first kappa shape index (κ1) is 21.4. The van der Waals surface area contributed by atoms with Crippen molar-refractivity contribution in [3.05, 3.63) is 0 Å². The van der Waals surface area contributed by atoms with Gasteiger partial charge in [-0.3, -0.25) is 9.59 Å². The summed E-state index contributed by atoms with van der Waals surface area (Å²) >= 11 is 0. The molecule has 0 radical (unpaired) electrons. The quantitative estimate of drug-likeness (QED) is 0.292. The van der Waals surface area contributed by atoms with Gasteiger partial charge in [0, 0.05) is 0 Å². The Bertz CT molecular complexity index is 187. The minimum absolute atomic E-state index is 0. The zero-order valence-electron chi connectivity index (χ0n) is 11.0. The van der Waals surface area contributed by atoms with Gasteiger partial charge < -0.3 is 10.9 Å². The molecule has 0 bridgehead atoms. The molecule has 0 aromatic heterocycles. The van der Waals surface area contributed by atoms with Gasteiger partial charge in [-0.2, -0.15) is 0 Å². The summed E-state index contributed by atoms with van der Waals surface area (Å²) in [5.74, 6) is -1.71. The van der Waals surface area contributed by atoms with Crippen molar-refractivity contribution in [3.63, 3.8) is 0 Å². The molecule has 0 atom stereocenters. The molecule has 0 aliphatic rings. The van der Waals surface area contributed by atoms with Gasteiger partial charge in [0.1, 0.15) is 0 Å². The Balaban J connectivity index is -0.000000282. The monoisotopic (exact) mass is 240 g/mol. The van der Waals surface area contributed by atoms with Gasteiger partial charge in [0.15, 0.2) is 23.3 Å². The molecule has 4 nitrogen and oxygen atoms in total. The second kappa shape index (κ2) is 13.1. The van der Waals surface area contributed by atoms with Crippen molar-refractivity contribution in [1.82, 2.24) is 0 Å². The Morgan fingerprint density at radius 1 is 1.06 bits per heavy atom. The fourth-order valence-corrected chi connectivity index (χ4v) is 1.11.